The average Bonchev–Trinajstić information content (AvgIpc) is 2.77. The zero-order chi connectivity index (χ0) is 15.9. The van der Waals surface area contributed by atoms with Gasteiger partial charge in [0.2, 0.25) is 0 Å². The summed E-state index contributed by atoms with van der Waals surface area (Å²) >= 11 is 0. The van der Waals surface area contributed by atoms with E-state index in [4.69, 9.17) is 0 Å². The minimum absolute atomic E-state index is 0.0135. The van der Waals surface area contributed by atoms with Crippen LogP contribution in [0.2, 0.25) is 0 Å². The molecule has 0 saturated carbocycles. The van der Waals surface area contributed by atoms with Gasteiger partial charge in [-0.2, -0.15) is 5.10 Å². The van der Waals surface area contributed by atoms with Crippen LogP contribution in [0.1, 0.15) is 48.2 Å². The van der Waals surface area contributed by atoms with E-state index < -0.39 is 0 Å². The topological polar surface area (TPSA) is 66.8 Å². The highest BCUT2D eigenvalue weighted by Gasteiger charge is 2.22. The fraction of sp³-hybridized carbons (Fsp3) is 0.562. The van der Waals surface area contributed by atoms with Crippen LogP contribution < -0.4 is 5.56 Å². The molecule has 1 aliphatic heterocycles. The molecule has 1 N–H and O–H groups in total. The Morgan fingerprint density at radius 3 is 2.82 bits per heavy atom. The zero-order valence-corrected chi connectivity index (χ0v) is 13.7. The molecule has 0 fully saturated rings. The quantitative estimate of drug-likeness (QED) is 0.933. The van der Waals surface area contributed by atoms with Gasteiger partial charge < -0.3 is 4.98 Å². The first kappa shape index (κ1) is 15.0. The third-order valence-corrected chi connectivity index (χ3v) is 4.20. The van der Waals surface area contributed by atoms with Crippen LogP contribution in [0.25, 0.3) is 0 Å². The van der Waals surface area contributed by atoms with E-state index in [1.54, 1.807) is 0 Å². The summed E-state index contributed by atoms with van der Waals surface area (Å²) in [6, 6.07) is 2.10. The second-order valence-electron chi connectivity index (χ2n) is 6.39. The molecule has 0 unspecified atom stereocenters. The minimum atomic E-state index is 0.0135. The lowest BCUT2D eigenvalue weighted by Gasteiger charge is -2.27. The zero-order valence-electron chi connectivity index (χ0n) is 13.7. The molecule has 0 radical (unpaired) electrons. The first-order valence-electron chi connectivity index (χ1n) is 7.78. The normalized spacial score (nSPS) is 15.3. The van der Waals surface area contributed by atoms with Gasteiger partial charge in [-0.25, -0.2) is 4.98 Å². The molecular formula is C16H23N5O. The van der Waals surface area contributed by atoms with Crippen LogP contribution in [-0.2, 0) is 26.6 Å². The van der Waals surface area contributed by atoms with E-state index in [2.05, 4.69) is 26.0 Å². The molecule has 0 aromatic carbocycles. The lowest BCUT2D eigenvalue weighted by atomic mass is 10.1. The van der Waals surface area contributed by atoms with Gasteiger partial charge >= 0.3 is 0 Å². The smallest absolute Gasteiger partial charge is 0.255 e. The largest absolute Gasteiger partial charge is 0.310 e. The van der Waals surface area contributed by atoms with Crippen LogP contribution in [0.15, 0.2) is 10.9 Å². The van der Waals surface area contributed by atoms with Crippen molar-refractivity contribution in [1.29, 1.82) is 0 Å². The molecule has 6 nitrogen and oxygen atoms in total. The van der Waals surface area contributed by atoms with Crippen molar-refractivity contribution < 1.29 is 0 Å². The monoisotopic (exact) mass is 301 g/mol. The fourth-order valence-corrected chi connectivity index (χ4v) is 2.95. The second-order valence-corrected chi connectivity index (χ2v) is 6.39. The van der Waals surface area contributed by atoms with E-state index in [1.165, 1.54) is 5.69 Å². The van der Waals surface area contributed by atoms with Gasteiger partial charge in [0, 0.05) is 39.0 Å². The molecule has 22 heavy (non-hydrogen) atoms. The summed E-state index contributed by atoms with van der Waals surface area (Å²) in [5.74, 6) is 1.04. The Morgan fingerprint density at radius 2 is 2.18 bits per heavy atom. The van der Waals surface area contributed by atoms with Gasteiger partial charge in [0.15, 0.2) is 0 Å². The third kappa shape index (κ3) is 2.83. The van der Waals surface area contributed by atoms with E-state index >= 15 is 0 Å². The van der Waals surface area contributed by atoms with Crippen molar-refractivity contribution in [2.75, 3.05) is 6.54 Å². The highest BCUT2D eigenvalue weighted by Crippen LogP contribution is 2.18. The van der Waals surface area contributed by atoms with Crippen LogP contribution in [0.3, 0.4) is 0 Å². The molecule has 0 spiro atoms. The summed E-state index contributed by atoms with van der Waals surface area (Å²) < 4.78 is 1.91. The number of aromatic nitrogens is 4. The highest BCUT2D eigenvalue weighted by molar-refractivity contribution is 5.22. The number of nitrogens with zero attached hydrogens (tertiary/aromatic N) is 4. The maximum Gasteiger partial charge on any atom is 0.255 e. The van der Waals surface area contributed by atoms with Crippen molar-refractivity contribution >= 4 is 0 Å². The van der Waals surface area contributed by atoms with Gasteiger partial charge in [-0.1, -0.05) is 13.8 Å². The summed E-state index contributed by atoms with van der Waals surface area (Å²) in [5, 5.41) is 4.38. The average molecular weight is 301 g/mol. The Bertz CT molecular complexity index is 743. The molecule has 3 heterocycles. The lowest BCUT2D eigenvalue weighted by Crippen LogP contribution is -2.36. The standard InChI is InChI=1S/C16H23N5O/c1-10(2)15-17-14-5-6-21(9-13(14)16(22)18-15)8-12-7-11(3)19-20(12)4/h7,10H,5-6,8-9H2,1-4H3,(H,17,18,22). The molecule has 2 aromatic rings. The second kappa shape index (κ2) is 5.68. The SMILES string of the molecule is Cc1cc(CN2CCc3nc(C(C)C)[nH]c(=O)c3C2)n(C)n1. The van der Waals surface area contributed by atoms with Crippen molar-refractivity contribution in [2.24, 2.45) is 7.05 Å². The molecule has 6 heteroatoms. The van der Waals surface area contributed by atoms with Crippen molar-refractivity contribution in [3.8, 4) is 0 Å². The van der Waals surface area contributed by atoms with E-state index in [0.717, 1.165) is 42.3 Å². The Labute approximate surface area is 130 Å². The minimum Gasteiger partial charge on any atom is -0.310 e. The molecule has 1 aliphatic rings. The molecule has 118 valence electrons. The summed E-state index contributed by atoms with van der Waals surface area (Å²) in [6.07, 6.45) is 0.829. The Balaban J connectivity index is 1.82. The molecule has 0 aliphatic carbocycles. The van der Waals surface area contributed by atoms with E-state index in [-0.39, 0.29) is 11.5 Å². The van der Waals surface area contributed by atoms with E-state index in [0.29, 0.717) is 6.54 Å². The van der Waals surface area contributed by atoms with Gasteiger partial charge in [0.25, 0.3) is 5.56 Å². The number of rotatable bonds is 3. The van der Waals surface area contributed by atoms with Crippen molar-refractivity contribution in [2.45, 2.75) is 46.2 Å². The summed E-state index contributed by atoms with van der Waals surface area (Å²) in [7, 11) is 1.96. The van der Waals surface area contributed by atoms with Gasteiger partial charge in [-0.3, -0.25) is 14.4 Å². The first-order valence-corrected chi connectivity index (χ1v) is 7.78. The number of aryl methyl sites for hydroxylation is 2. The Kier molecular flexibility index (Phi) is 3.87. The maximum absolute atomic E-state index is 12.3. The van der Waals surface area contributed by atoms with Gasteiger partial charge in [0.1, 0.15) is 5.82 Å². The molecule has 0 amide bonds. The van der Waals surface area contributed by atoms with E-state index in [1.807, 2.05) is 32.5 Å². The molecule has 0 atom stereocenters. The molecule has 0 bridgehead atoms. The van der Waals surface area contributed by atoms with Crippen LogP contribution in [0, 0.1) is 6.92 Å². The summed E-state index contributed by atoms with van der Waals surface area (Å²) in [4.78, 5) is 22.2. The van der Waals surface area contributed by atoms with Crippen LogP contribution >= 0.6 is 0 Å². The number of hydrogen-bond donors (Lipinski definition) is 1. The molecule has 3 rings (SSSR count). The van der Waals surface area contributed by atoms with Gasteiger partial charge in [-0.15, -0.1) is 0 Å². The van der Waals surface area contributed by atoms with Crippen molar-refractivity contribution in [3.05, 3.63) is 44.9 Å². The predicted molar refractivity (Wildman–Crippen MR) is 84.7 cm³/mol. The Hall–Kier alpha value is -1.95. The fourth-order valence-electron chi connectivity index (χ4n) is 2.95. The third-order valence-electron chi connectivity index (χ3n) is 4.20. The van der Waals surface area contributed by atoms with Gasteiger partial charge in [0.05, 0.1) is 22.6 Å². The Morgan fingerprint density at radius 1 is 1.41 bits per heavy atom. The molecule has 2 aromatic heterocycles. The number of nitrogens with one attached hydrogen (secondary N) is 1. The van der Waals surface area contributed by atoms with Crippen LogP contribution in [-0.4, -0.2) is 31.2 Å². The molecular weight excluding hydrogens is 278 g/mol. The number of fused-ring (bicyclic) bond motifs is 1. The van der Waals surface area contributed by atoms with Crippen LogP contribution in [0.4, 0.5) is 0 Å². The van der Waals surface area contributed by atoms with Crippen molar-refractivity contribution in [3.63, 3.8) is 0 Å². The highest BCUT2D eigenvalue weighted by atomic mass is 16.1. The van der Waals surface area contributed by atoms with Crippen molar-refractivity contribution in [1.82, 2.24) is 24.6 Å². The van der Waals surface area contributed by atoms with E-state index in [9.17, 15) is 4.79 Å². The lowest BCUT2D eigenvalue weighted by molar-refractivity contribution is 0.235. The van der Waals surface area contributed by atoms with Crippen LogP contribution in [0.5, 0.6) is 0 Å². The maximum atomic E-state index is 12.3. The number of H-pyrrole nitrogens is 1. The number of aromatic amines is 1. The summed E-state index contributed by atoms with van der Waals surface area (Å²) in [5.41, 5.74) is 3.99. The first-order chi connectivity index (χ1) is 10.4. The predicted octanol–water partition coefficient (Wildman–Crippen LogP) is 1.49. The molecule has 0 saturated heterocycles. The summed E-state index contributed by atoms with van der Waals surface area (Å²) in [6.45, 7) is 8.47. The number of hydrogen-bond acceptors (Lipinski definition) is 4. The van der Waals surface area contributed by atoms with Gasteiger partial charge in [-0.05, 0) is 13.0 Å².